The molecule has 170 valence electrons. The summed E-state index contributed by atoms with van der Waals surface area (Å²) in [6, 6.07) is 20.6. The largest absolute Gasteiger partial charge is 0.459 e. The standard InChI is InChI=1S/C28H34O4/c1-3-13-24(30-27(29)4-2)20-26-21-25(19-12-11-16-22-14-7-5-8-15-22)31-28(32-26)23-17-9-6-10-18-23/h3-10,14-15,17-18,24-26,28H,1-2,11-13,16,19-21H2/t24-,25+,26-,28+/m0/s1. The molecule has 32 heavy (non-hydrogen) atoms. The van der Waals surface area contributed by atoms with Gasteiger partial charge in [-0.25, -0.2) is 4.79 Å². The number of carbonyl (C=O) groups is 1. The quantitative estimate of drug-likeness (QED) is 0.169. The number of rotatable bonds is 12. The van der Waals surface area contributed by atoms with Gasteiger partial charge in [-0.05, 0) is 24.8 Å². The average Bonchev–Trinajstić information content (AvgIpc) is 2.83. The predicted molar refractivity (Wildman–Crippen MR) is 127 cm³/mol. The molecule has 0 radical (unpaired) electrons. The summed E-state index contributed by atoms with van der Waals surface area (Å²) in [7, 11) is 0. The Morgan fingerprint density at radius 2 is 1.69 bits per heavy atom. The smallest absolute Gasteiger partial charge is 0.330 e. The summed E-state index contributed by atoms with van der Waals surface area (Å²) in [4.78, 5) is 11.7. The summed E-state index contributed by atoms with van der Waals surface area (Å²) in [5.41, 5.74) is 2.38. The highest BCUT2D eigenvalue weighted by Gasteiger charge is 2.32. The van der Waals surface area contributed by atoms with E-state index in [9.17, 15) is 4.79 Å². The van der Waals surface area contributed by atoms with Gasteiger partial charge >= 0.3 is 5.97 Å². The average molecular weight is 435 g/mol. The molecule has 0 spiro atoms. The van der Waals surface area contributed by atoms with Crippen molar-refractivity contribution in [2.45, 2.75) is 69.5 Å². The monoisotopic (exact) mass is 434 g/mol. The van der Waals surface area contributed by atoms with E-state index >= 15 is 0 Å². The Hall–Kier alpha value is -2.69. The van der Waals surface area contributed by atoms with Crippen LogP contribution in [0.5, 0.6) is 0 Å². The fraction of sp³-hybridized carbons (Fsp3) is 0.393. The fourth-order valence-corrected chi connectivity index (χ4v) is 4.12. The van der Waals surface area contributed by atoms with E-state index in [0.29, 0.717) is 12.8 Å². The number of ether oxygens (including phenoxy) is 3. The third kappa shape index (κ3) is 7.77. The van der Waals surface area contributed by atoms with Crippen LogP contribution in [-0.4, -0.2) is 24.3 Å². The van der Waals surface area contributed by atoms with Gasteiger partial charge in [0.2, 0.25) is 0 Å². The molecule has 0 N–H and O–H groups in total. The molecule has 1 fully saturated rings. The SMILES string of the molecule is C=CC[C@@H](C[C@H]1C[C@@H](CCCCc2ccccc2)O[C@@H](c2ccccc2)O1)OC(=O)C=C. The van der Waals surface area contributed by atoms with E-state index in [2.05, 4.69) is 43.5 Å². The summed E-state index contributed by atoms with van der Waals surface area (Å²) in [5.74, 6) is -0.416. The first-order chi connectivity index (χ1) is 15.7. The maximum absolute atomic E-state index is 11.7. The van der Waals surface area contributed by atoms with E-state index < -0.39 is 12.3 Å². The number of benzene rings is 2. The van der Waals surface area contributed by atoms with Crippen molar-refractivity contribution in [2.75, 3.05) is 0 Å². The van der Waals surface area contributed by atoms with Crippen LogP contribution in [0.2, 0.25) is 0 Å². The van der Waals surface area contributed by atoms with Gasteiger partial charge in [0.25, 0.3) is 0 Å². The van der Waals surface area contributed by atoms with Gasteiger partial charge in [0, 0.05) is 30.9 Å². The van der Waals surface area contributed by atoms with E-state index in [1.807, 2.05) is 30.3 Å². The van der Waals surface area contributed by atoms with Crippen LogP contribution in [-0.2, 0) is 25.4 Å². The molecule has 1 aliphatic rings. The maximum atomic E-state index is 11.7. The molecular weight excluding hydrogens is 400 g/mol. The lowest BCUT2D eigenvalue weighted by atomic mass is 9.97. The number of esters is 1. The lowest BCUT2D eigenvalue weighted by molar-refractivity contribution is -0.253. The first kappa shape index (κ1) is 24.0. The predicted octanol–water partition coefficient (Wildman–Crippen LogP) is 6.34. The summed E-state index contributed by atoms with van der Waals surface area (Å²) >= 11 is 0. The molecule has 0 aromatic heterocycles. The summed E-state index contributed by atoms with van der Waals surface area (Å²) in [6.45, 7) is 7.29. The van der Waals surface area contributed by atoms with Crippen molar-refractivity contribution < 1.29 is 19.0 Å². The Morgan fingerprint density at radius 1 is 1.00 bits per heavy atom. The number of carbonyl (C=O) groups excluding carboxylic acids is 1. The Morgan fingerprint density at radius 3 is 2.38 bits per heavy atom. The number of unbranched alkanes of at least 4 members (excludes halogenated alkanes) is 1. The van der Waals surface area contributed by atoms with Crippen LogP contribution < -0.4 is 0 Å². The van der Waals surface area contributed by atoms with E-state index in [0.717, 1.165) is 37.7 Å². The van der Waals surface area contributed by atoms with E-state index in [1.165, 1.54) is 11.6 Å². The molecule has 4 atom stereocenters. The van der Waals surface area contributed by atoms with Gasteiger partial charge in [-0.1, -0.05) is 79.7 Å². The second kappa shape index (κ2) is 13.0. The Bertz CT molecular complexity index is 833. The van der Waals surface area contributed by atoms with Crippen LogP contribution in [0.3, 0.4) is 0 Å². The molecule has 3 rings (SSSR count). The molecule has 4 heteroatoms. The van der Waals surface area contributed by atoms with Crippen LogP contribution in [0, 0.1) is 0 Å². The molecule has 0 saturated carbocycles. The van der Waals surface area contributed by atoms with Gasteiger partial charge in [0.05, 0.1) is 12.2 Å². The van der Waals surface area contributed by atoms with E-state index in [4.69, 9.17) is 14.2 Å². The minimum atomic E-state index is -0.416. The third-order valence-electron chi connectivity index (χ3n) is 5.72. The highest BCUT2D eigenvalue weighted by molar-refractivity contribution is 5.81. The normalized spacial score (nSPS) is 21.4. The van der Waals surface area contributed by atoms with Crippen molar-refractivity contribution in [3.8, 4) is 0 Å². The van der Waals surface area contributed by atoms with Gasteiger partial charge in [-0.2, -0.15) is 0 Å². The first-order valence-corrected chi connectivity index (χ1v) is 11.5. The summed E-state index contributed by atoms with van der Waals surface area (Å²) < 4.78 is 18.1. The number of hydrogen-bond donors (Lipinski definition) is 0. The van der Waals surface area contributed by atoms with Crippen LogP contribution in [0.1, 0.15) is 55.9 Å². The summed E-state index contributed by atoms with van der Waals surface area (Å²) in [5, 5.41) is 0. The number of aryl methyl sites for hydroxylation is 1. The molecule has 0 bridgehead atoms. The Labute approximate surface area is 191 Å². The van der Waals surface area contributed by atoms with Crippen molar-refractivity contribution in [1.29, 1.82) is 0 Å². The summed E-state index contributed by atoms with van der Waals surface area (Å²) in [6.07, 6.45) is 8.58. The topological polar surface area (TPSA) is 44.8 Å². The minimum Gasteiger partial charge on any atom is -0.459 e. The highest BCUT2D eigenvalue weighted by Crippen LogP contribution is 2.34. The Kier molecular flexibility index (Phi) is 9.73. The molecule has 0 unspecified atom stereocenters. The van der Waals surface area contributed by atoms with Crippen LogP contribution >= 0.6 is 0 Å². The molecule has 2 aromatic rings. The van der Waals surface area contributed by atoms with Crippen molar-refractivity contribution in [1.82, 2.24) is 0 Å². The van der Waals surface area contributed by atoms with Crippen molar-refractivity contribution >= 4 is 5.97 Å². The zero-order chi connectivity index (χ0) is 22.6. The molecule has 1 aliphatic heterocycles. The first-order valence-electron chi connectivity index (χ1n) is 11.5. The molecular formula is C28H34O4. The van der Waals surface area contributed by atoms with E-state index in [-0.39, 0.29) is 18.3 Å². The second-order valence-electron chi connectivity index (χ2n) is 8.25. The minimum absolute atomic E-state index is 0.0596. The molecule has 0 aliphatic carbocycles. The van der Waals surface area contributed by atoms with Crippen LogP contribution in [0.4, 0.5) is 0 Å². The van der Waals surface area contributed by atoms with Gasteiger partial charge in [-0.3, -0.25) is 0 Å². The van der Waals surface area contributed by atoms with Crippen molar-refractivity contribution in [3.05, 3.63) is 97.1 Å². The molecule has 4 nitrogen and oxygen atoms in total. The maximum Gasteiger partial charge on any atom is 0.330 e. The lowest BCUT2D eigenvalue weighted by Gasteiger charge is -2.37. The molecule has 2 aromatic carbocycles. The van der Waals surface area contributed by atoms with Crippen molar-refractivity contribution in [2.24, 2.45) is 0 Å². The van der Waals surface area contributed by atoms with Crippen LogP contribution in [0.15, 0.2) is 86.0 Å². The lowest BCUT2D eigenvalue weighted by Crippen LogP contribution is -2.36. The molecule has 1 saturated heterocycles. The van der Waals surface area contributed by atoms with Gasteiger partial charge in [0.15, 0.2) is 6.29 Å². The second-order valence-corrected chi connectivity index (χ2v) is 8.25. The zero-order valence-corrected chi connectivity index (χ0v) is 18.7. The third-order valence-corrected chi connectivity index (χ3v) is 5.72. The van der Waals surface area contributed by atoms with Crippen LogP contribution in [0.25, 0.3) is 0 Å². The molecule has 1 heterocycles. The zero-order valence-electron chi connectivity index (χ0n) is 18.7. The highest BCUT2D eigenvalue weighted by atomic mass is 16.7. The Balaban J connectivity index is 1.60. The van der Waals surface area contributed by atoms with E-state index in [1.54, 1.807) is 6.08 Å². The van der Waals surface area contributed by atoms with Gasteiger partial charge < -0.3 is 14.2 Å². The van der Waals surface area contributed by atoms with Crippen molar-refractivity contribution in [3.63, 3.8) is 0 Å². The molecule has 0 amide bonds. The fourth-order valence-electron chi connectivity index (χ4n) is 4.12. The van der Waals surface area contributed by atoms with Gasteiger partial charge in [0.1, 0.15) is 6.10 Å². The van der Waals surface area contributed by atoms with Gasteiger partial charge in [-0.15, -0.1) is 6.58 Å². The number of hydrogen-bond acceptors (Lipinski definition) is 4.